The van der Waals surface area contributed by atoms with E-state index in [-0.39, 0.29) is 12.7 Å². The van der Waals surface area contributed by atoms with Crippen molar-refractivity contribution in [2.75, 3.05) is 19.7 Å². The molecule has 1 N–H and O–H groups in total. The van der Waals surface area contributed by atoms with Gasteiger partial charge in [-0.1, -0.05) is 6.92 Å². The summed E-state index contributed by atoms with van der Waals surface area (Å²) in [6.45, 7) is 6.86. The van der Waals surface area contributed by atoms with Gasteiger partial charge in [0.05, 0.1) is 11.8 Å². The molecule has 1 aromatic rings. The number of hydrogen-bond acceptors (Lipinski definition) is 4. The van der Waals surface area contributed by atoms with Gasteiger partial charge in [-0.15, -0.1) is 0 Å². The Morgan fingerprint density at radius 3 is 2.86 bits per heavy atom. The molecule has 1 aliphatic heterocycles. The van der Waals surface area contributed by atoms with E-state index in [2.05, 4.69) is 29.9 Å². The van der Waals surface area contributed by atoms with Gasteiger partial charge < -0.3 is 9.84 Å². The third-order valence-corrected chi connectivity index (χ3v) is 4.07. The Kier molecular flexibility index (Phi) is 5.76. The van der Waals surface area contributed by atoms with Gasteiger partial charge in [0.1, 0.15) is 6.61 Å². The quantitative estimate of drug-likeness (QED) is 0.832. The summed E-state index contributed by atoms with van der Waals surface area (Å²) >= 11 is 0. The van der Waals surface area contributed by atoms with Crippen molar-refractivity contribution in [3.8, 4) is 0 Å². The molecule has 0 radical (unpaired) electrons. The fourth-order valence-corrected chi connectivity index (χ4v) is 2.55. The van der Waals surface area contributed by atoms with E-state index < -0.39 is 5.97 Å². The zero-order valence-corrected chi connectivity index (χ0v) is 12.9. The second-order valence-electron chi connectivity index (χ2n) is 5.72. The zero-order chi connectivity index (χ0) is 15.2. The number of carboxylic acids is 1. The molecule has 6 heteroatoms. The summed E-state index contributed by atoms with van der Waals surface area (Å²) in [7, 11) is 0. The number of hydrogen-bond donors (Lipinski definition) is 1. The minimum absolute atomic E-state index is 0.0787. The SMILES string of the molecule is CCC(C)n1ccc(CN2CCC(OCC(=O)O)CC2)n1. The standard InChI is InChI=1S/C15H25N3O3/c1-3-12(2)18-9-4-13(16-18)10-17-7-5-14(6-8-17)21-11-15(19)20/h4,9,12,14H,3,5-8,10-11H2,1-2H3,(H,19,20). The molecular formula is C15H25N3O3. The molecule has 0 aliphatic carbocycles. The monoisotopic (exact) mass is 295 g/mol. The van der Waals surface area contributed by atoms with E-state index in [4.69, 9.17) is 9.84 Å². The highest BCUT2D eigenvalue weighted by molar-refractivity contribution is 5.68. The Morgan fingerprint density at radius 2 is 2.24 bits per heavy atom. The Morgan fingerprint density at radius 1 is 1.52 bits per heavy atom. The van der Waals surface area contributed by atoms with Crippen LogP contribution in [0.4, 0.5) is 0 Å². The number of aliphatic carboxylic acids is 1. The number of carboxylic acid groups (broad SMARTS) is 1. The third-order valence-electron chi connectivity index (χ3n) is 4.07. The molecule has 2 heterocycles. The lowest BCUT2D eigenvalue weighted by Crippen LogP contribution is -2.37. The number of rotatable bonds is 7. The maximum atomic E-state index is 10.5. The van der Waals surface area contributed by atoms with E-state index >= 15 is 0 Å². The lowest BCUT2D eigenvalue weighted by Gasteiger charge is -2.31. The van der Waals surface area contributed by atoms with Crippen molar-refractivity contribution in [3.05, 3.63) is 18.0 Å². The highest BCUT2D eigenvalue weighted by Crippen LogP contribution is 2.16. The summed E-state index contributed by atoms with van der Waals surface area (Å²) in [6, 6.07) is 2.52. The van der Waals surface area contributed by atoms with Gasteiger partial charge in [0.15, 0.2) is 0 Å². The zero-order valence-electron chi connectivity index (χ0n) is 12.9. The predicted octanol–water partition coefficient (Wildman–Crippen LogP) is 1.92. The van der Waals surface area contributed by atoms with Crippen LogP contribution in [0.3, 0.4) is 0 Å². The van der Waals surface area contributed by atoms with Crippen LogP contribution in [0, 0.1) is 0 Å². The molecule has 1 unspecified atom stereocenters. The lowest BCUT2D eigenvalue weighted by atomic mass is 10.1. The van der Waals surface area contributed by atoms with Crippen molar-refractivity contribution >= 4 is 5.97 Å². The Bertz CT molecular complexity index is 453. The second-order valence-corrected chi connectivity index (χ2v) is 5.72. The van der Waals surface area contributed by atoms with Crippen molar-refractivity contribution < 1.29 is 14.6 Å². The molecule has 0 spiro atoms. The first-order valence-electron chi connectivity index (χ1n) is 7.68. The van der Waals surface area contributed by atoms with Crippen LogP contribution in [0.15, 0.2) is 12.3 Å². The van der Waals surface area contributed by atoms with Crippen LogP contribution in [0.25, 0.3) is 0 Å². The fraction of sp³-hybridized carbons (Fsp3) is 0.733. The summed E-state index contributed by atoms with van der Waals surface area (Å²) in [6.07, 6.45) is 4.98. The van der Waals surface area contributed by atoms with E-state index in [1.165, 1.54) is 0 Å². The van der Waals surface area contributed by atoms with Crippen molar-refractivity contribution in [2.45, 2.75) is 51.8 Å². The normalized spacial score (nSPS) is 18.8. The third kappa shape index (κ3) is 4.82. The molecule has 0 bridgehead atoms. The molecule has 0 aromatic carbocycles. The molecule has 0 saturated carbocycles. The van der Waals surface area contributed by atoms with Gasteiger partial charge >= 0.3 is 5.97 Å². The van der Waals surface area contributed by atoms with E-state index in [0.717, 1.165) is 44.6 Å². The van der Waals surface area contributed by atoms with Crippen molar-refractivity contribution in [2.24, 2.45) is 0 Å². The van der Waals surface area contributed by atoms with Crippen molar-refractivity contribution in [1.82, 2.24) is 14.7 Å². The Labute approximate surface area is 125 Å². The summed E-state index contributed by atoms with van der Waals surface area (Å²) in [4.78, 5) is 12.8. The van der Waals surface area contributed by atoms with Crippen LogP contribution in [0.5, 0.6) is 0 Å². The van der Waals surface area contributed by atoms with Crippen LogP contribution in [0.1, 0.15) is 44.8 Å². The van der Waals surface area contributed by atoms with E-state index in [1.54, 1.807) is 0 Å². The molecule has 21 heavy (non-hydrogen) atoms. The van der Waals surface area contributed by atoms with Crippen LogP contribution in [-0.4, -0.2) is 51.6 Å². The van der Waals surface area contributed by atoms with Crippen LogP contribution in [0.2, 0.25) is 0 Å². The van der Waals surface area contributed by atoms with E-state index in [0.29, 0.717) is 6.04 Å². The van der Waals surface area contributed by atoms with E-state index in [1.807, 2.05) is 10.9 Å². The molecular weight excluding hydrogens is 270 g/mol. The molecule has 118 valence electrons. The van der Waals surface area contributed by atoms with Gasteiger partial charge in [-0.05, 0) is 32.3 Å². The van der Waals surface area contributed by atoms with Crippen LogP contribution in [-0.2, 0) is 16.1 Å². The largest absolute Gasteiger partial charge is 0.480 e. The summed E-state index contributed by atoms with van der Waals surface area (Å²) in [5.74, 6) is -0.895. The fourth-order valence-electron chi connectivity index (χ4n) is 2.55. The number of nitrogens with zero attached hydrogens (tertiary/aromatic N) is 3. The number of aromatic nitrogens is 2. The van der Waals surface area contributed by atoms with Gasteiger partial charge in [0, 0.05) is 31.9 Å². The second kappa shape index (κ2) is 7.56. The molecule has 6 nitrogen and oxygen atoms in total. The summed E-state index contributed by atoms with van der Waals surface area (Å²) in [5, 5.41) is 13.2. The maximum Gasteiger partial charge on any atom is 0.329 e. The lowest BCUT2D eigenvalue weighted by molar-refractivity contribution is -0.145. The predicted molar refractivity (Wildman–Crippen MR) is 79.1 cm³/mol. The molecule has 1 aliphatic rings. The highest BCUT2D eigenvalue weighted by Gasteiger charge is 2.21. The van der Waals surface area contributed by atoms with Gasteiger partial charge in [-0.25, -0.2) is 4.79 Å². The maximum absolute atomic E-state index is 10.5. The van der Waals surface area contributed by atoms with Crippen molar-refractivity contribution in [1.29, 1.82) is 0 Å². The van der Waals surface area contributed by atoms with Crippen molar-refractivity contribution in [3.63, 3.8) is 0 Å². The average molecular weight is 295 g/mol. The summed E-state index contributed by atoms with van der Waals surface area (Å²) in [5.41, 5.74) is 1.10. The topological polar surface area (TPSA) is 67.6 Å². The number of carbonyl (C=O) groups is 1. The number of piperidine rings is 1. The molecule has 1 atom stereocenters. The Balaban J connectivity index is 1.75. The molecule has 0 amide bonds. The first-order chi connectivity index (χ1) is 10.1. The number of ether oxygens (including phenoxy) is 1. The van der Waals surface area contributed by atoms with Gasteiger partial charge in [-0.3, -0.25) is 9.58 Å². The average Bonchev–Trinajstić information content (AvgIpc) is 2.94. The number of likely N-dealkylation sites (tertiary alicyclic amines) is 1. The highest BCUT2D eigenvalue weighted by atomic mass is 16.5. The van der Waals surface area contributed by atoms with Gasteiger partial charge in [0.2, 0.25) is 0 Å². The van der Waals surface area contributed by atoms with E-state index in [9.17, 15) is 4.79 Å². The minimum atomic E-state index is -0.895. The van der Waals surface area contributed by atoms with Gasteiger partial charge in [-0.2, -0.15) is 5.10 Å². The first-order valence-corrected chi connectivity index (χ1v) is 7.68. The molecule has 2 rings (SSSR count). The van der Waals surface area contributed by atoms with Crippen LogP contribution < -0.4 is 0 Å². The molecule has 1 aromatic heterocycles. The molecule has 1 fully saturated rings. The first kappa shape index (κ1) is 16.0. The van der Waals surface area contributed by atoms with Gasteiger partial charge in [0.25, 0.3) is 0 Å². The minimum Gasteiger partial charge on any atom is -0.480 e. The smallest absolute Gasteiger partial charge is 0.329 e. The Hall–Kier alpha value is -1.40. The summed E-state index contributed by atoms with van der Waals surface area (Å²) < 4.78 is 7.37. The van der Waals surface area contributed by atoms with Crippen LogP contribution >= 0.6 is 0 Å². The molecule has 1 saturated heterocycles.